The molecule has 1 saturated heterocycles. The van der Waals surface area contributed by atoms with E-state index in [9.17, 15) is 5.11 Å². The molecule has 0 spiro atoms. The summed E-state index contributed by atoms with van der Waals surface area (Å²) in [5, 5.41) is 10.0. The summed E-state index contributed by atoms with van der Waals surface area (Å²) in [7, 11) is 0. The molecular formula is C12H25NO. The summed E-state index contributed by atoms with van der Waals surface area (Å²) in [5.74, 6) is 1.65. The van der Waals surface area contributed by atoms with E-state index in [1.165, 1.54) is 13.1 Å². The average Bonchev–Trinajstić information content (AvgIpc) is 1.95. The van der Waals surface area contributed by atoms with Crippen LogP contribution in [0.25, 0.3) is 0 Å². The molecule has 0 aliphatic carbocycles. The van der Waals surface area contributed by atoms with Gasteiger partial charge in [0.15, 0.2) is 0 Å². The fourth-order valence-corrected chi connectivity index (χ4v) is 2.26. The Kier molecular flexibility index (Phi) is 3.96. The largest absolute Gasteiger partial charge is 0.389 e. The highest BCUT2D eigenvalue weighted by atomic mass is 16.3. The van der Waals surface area contributed by atoms with Crippen molar-refractivity contribution in [2.45, 2.75) is 46.1 Å². The zero-order valence-electron chi connectivity index (χ0n) is 10.1. The number of rotatable bonds is 5. The third-order valence-corrected chi connectivity index (χ3v) is 3.28. The predicted molar refractivity (Wildman–Crippen MR) is 60.3 cm³/mol. The van der Waals surface area contributed by atoms with E-state index in [1.807, 2.05) is 6.92 Å². The fourth-order valence-electron chi connectivity index (χ4n) is 2.26. The van der Waals surface area contributed by atoms with Gasteiger partial charge in [-0.25, -0.2) is 0 Å². The average molecular weight is 199 g/mol. The fraction of sp³-hybridized carbons (Fsp3) is 1.00. The second-order valence-electron chi connectivity index (χ2n) is 5.45. The molecule has 2 nitrogen and oxygen atoms in total. The molecule has 1 atom stereocenters. The van der Waals surface area contributed by atoms with Gasteiger partial charge >= 0.3 is 0 Å². The van der Waals surface area contributed by atoms with Gasteiger partial charge in [-0.15, -0.1) is 0 Å². The summed E-state index contributed by atoms with van der Waals surface area (Å²) < 4.78 is 0. The van der Waals surface area contributed by atoms with Crippen LogP contribution in [0, 0.1) is 11.8 Å². The van der Waals surface area contributed by atoms with E-state index >= 15 is 0 Å². The Morgan fingerprint density at radius 3 is 2.43 bits per heavy atom. The lowest BCUT2D eigenvalue weighted by atomic mass is 9.87. The summed E-state index contributed by atoms with van der Waals surface area (Å²) in [5.41, 5.74) is -0.475. The monoisotopic (exact) mass is 199 g/mol. The molecular weight excluding hydrogens is 174 g/mol. The molecule has 1 fully saturated rings. The van der Waals surface area contributed by atoms with Gasteiger partial charge < -0.3 is 5.11 Å². The van der Waals surface area contributed by atoms with Crippen molar-refractivity contribution in [3.8, 4) is 0 Å². The van der Waals surface area contributed by atoms with E-state index < -0.39 is 5.60 Å². The van der Waals surface area contributed by atoms with Crippen LogP contribution < -0.4 is 0 Å². The van der Waals surface area contributed by atoms with E-state index in [0.717, 1.165) is 31.2 Å². The molecule has 14 heavy (non-hydrogen) atoms. The summed E-state index contributed by atoms with van der Waals surface area (Å²) in [4.78, 5) is 2.38. The highest BCUT2D eigenvalue weighted by Crippen LogP contribution is 2.26. The Labute approximate surface area is 88.3 Å². The Bertz CT molecular complexity index is 171. The molecule has 84 valence electrons. The van der Waals surface area contributed by atoms with Crippen molar-refractivity contribution >= 4 is 0 Å². The van der Waals surface area contributed by atoms with Crippen molar-refractivity contribution in [1.82, 2.24) is 4.90 Å². The molecule has 0 radical (unpaired) electrons. The van der Waals surface area contributed by atoms with Crippen molar-refractivity contribution in [2.75, 3.05) is 19.6 Å². The minimum absolute atomic E-state index is 0.475. The summed E-state index contributed by atoms with van der Waals surface area (Å²) >= 11 is 0. The number of likely N-dealkylation sites (tertiary alicyclic amines) is 1. The first kappa shape index (κ1) is 12.0. The summed E-state index contributed by atoms with van der Waals surface area (Å²) in [6, 6.07) is 0. The van der Waals surface area contributed by atoms with Crippen molar-refractivity contribution in [3.05, 3.63) is 0 Å². The van der Waals surface area contributed by atoms with Gasteiger partial charge in [0.05, 0.1) is 5.60 Å². The maximum Gasteiger partial charge on any atom is 0.0746 e. The van der Waals surface area contributed by atoms with Crippen LogP contribution in [0.4, 0.5) is 0 Å². The molecule has 1 unspecified atom stereocenters. The van der Waals surface area contributed by atoms with Crippen LogP contribution in [0.5, 0.6) is 0 Å². The molecule has 2 heteroatoms. The van der Waals surface area contributed by atoms with Crippen LogP contribution in [0.3, 0.4) is 0 Å². The predicted octanol–water partition coefficient (Wildman–Crippen LogP) is 2.13. The Hall–Kier alpha value is -0.0800. The van der Waals surface area contributed by atoms with Gasteiger partial charge in [0.1, 0.15) is 0 Å². The standard InChI is InChI=1S/C12H25NO/c1-5-6-12(4,14)9-13-7-11(8-13)10(2)3/h10-11,14H,5-9H2,1-4H3. The van der Waals surface area contributed by atoms with Crippen LogP contribution in [0.15, 0.2) is 0 Å². The maximum absolute atomic E-state index is 10.0. The smallest absolute Gasteiger partial charge is 0.0746 e. The minimum Gasteiger partial charge on any atom is -0.389 e. The number of hydrogen-bond acceptors (Lipinski definition) is 2. The zero-order valence-corrected chi connectivity index (χ0v) is 10.1. The molecule has 0 aromatic heterocycles. The van der Waals surface area contributed by atoms with E-state index in [-0.39, 0.29) is 0 Å². The molecule has 0 amide bonds. The lowest BCUT2D eigenvalue weighted by Gasteiger charge is -2.44. The lowest BCUT2D eigenvalue weighted by molar-refractivity contribution is -0.0334. The molecule has 1 N–H and O–H groups in total. The summed E-state index contributed by atoms with van der Waals surface area (Å²) in [6.07, 6.45) is 1.98. The normalized spacial score (nSPS) is 23.6. The quantitative estimate of drug-likeness (QED) is 0.733. The van der Waals surface area contributed by atoms with Crippen LogP contribution in [-0.2, 0) is 0 Å². The first-order chi connectivity index (χ1) is 6.44. The van der Waals surface area contributed by atoms with Gasteiger partial charge in [0.25, 0.3) is 0 Å². The molecule has 1 rings (SSSR count). The minimum atomic E-state index is -0.475. The number of nitrogens with zero attached hydrogens (tertiary/aromatic N) is 1. The van der Waals surface area contributed by atoms with Gasteiger partial charge in [-0.3, -0.25) is 4.90 Å². The second-order valence-corrected chi connectivity index (χ2v) is 5.45. The van der Waals surface area contributed by atoms with Crippen molar-refractivity contribution < 1.29 is 5.11 Å². The highest BCUT2D eigenvalue weighted by Gasteiger charge is 2.33. The SMILES string of the molecule is CCCC(C)(O)CN1CC(C(C)C)C1. The maximum atomic E-state index is 10.0. The van der Waals surface area contributed by atoms with Gasteiger partial charge in [-0.2, -0.15) is 0 Å². The van der Waals surface area contributed by atoms with E-state index in [0.29, 0.717) is 0 Å². The van der Waals surface area contributed by atoms with E-state index in [4.69, 9.17) is 0 Å². The Balaban J connectivity index is 2.22. The lowest BCUT2D eigenvalue weighted by Crippen LogP contribution is -2.54. The van der Waals surface area contributed by atoms with Gasteiger partial charge in [-0.1, -0.05) is 27.2 Å². The first-order valence-corrected chi connectivity index (χ1v) is 5.89. The zero-order chi connectivity index (χ0) is 10.8. The van der Waals surface area contributed by atoms with Crippen LogP contribution >= 0.6 is 0 Å². The third kappa shape index (κ3) is 3.25. The van der Waals surface area contributed by atoms with Crippen LogP contribution in [0.2, 0.25) is 0 Å². The third-order valence-electron chi connectivity index (χ3n) is 3.28. The van der Waals surface area contributed by atoms with E-state index in [1.54, 1.807) is 0 Å². The highest BCUT2D eigenvalue weighted by molar-refractivity contribution is 4.87. The van der Waals surface area contributed by atoms with Crippen molar-refractivity contribution in [3.63, 3.8) is 0 Å². The van der Waals surface area contributed by atoms with E-state index in [2.05, 4.69) is 25.7 Å². The van der Waals surface area contributed by atoms with Crippen LogP contribution in [0.1, 0.15) is 40.5 Å². The van der Waals surface area contributed by atoms with Gasteiger partial charge in [0.2, 0.25) is 0 Å². The molecule has 0 saturated carbocycles. The van der Waals surface area contributed by atoms with Gasteiger partial charge in [-0.05, 0) is 25.2 Å². The molecule has 1 aliphatic rings. The molecule has 0 bridgehead atoms. The topological polar surface area (TPSA) is 23.5 Å². The number of β-amino-alcohol motifs (C(OH)–C–C–N with tert-alkyl or cyclic N) is 1. The second kappa shape index (κ2) is 4.63. The summed E-state index contributed by atoms with van der Waals surface area (Å²) in [6.45, 7) is 11.9. The molecule has 1 heterocycles. The Morgan fingerprint density at radius 2 is 2.00 bits per heavy atom. The van der Waals surface area contributed by atoms with Crippen molar-refractivity contribution in [2.24, 2.45) is 11.8 Å². The Morgan fingerprint density at radius 1 is 1.43 bits per heavy atom. The first-order valence-electron chi connectivity index (χ1n) is 5.89. The number of aliphatic hydroxyl groups is 1. The van der Waals surface area contributed by atoms with Gasteiger partial charge in [0, 0.05) is 19.6 Å². The molecule has 0 aromatic carbocycles. The van der Waals surface area contributed by atoms with Crippen molar-refractivity contribution in [1.29, 1.82) is 0 Å². The van der Waals surface area contributed by atoms with Crippen LogP contribution in [-0.4, -0.2) is 35.2 Å². The molecule has 1 aliphatic heterocycles. The number of hydrogen-bond donors (Lipinski definition) is 1. The molecule has 0 aromatic rings.